The fourth-order valence-corrected chi connectivity index (χ4v) is 3.20. The van der Waals surface area contributed by atoms with E-state index in [-0.39, 0.29) is 11.4 Å². The molecule has 0 atom stereocenters. The predicted molar refractivity (Wildman–Crippen MR) is 83.6 cm³/mol. The molecule has 0 spiro atoms. The first-order valence-corrected chi connectivity index (χ1v) is 8.47. The predicted octanol–water partition coefficient (Wildman–Crippen LogP) is 1.85. The number of benzene rings is 1. The second-order valence-corrected chi connectivity index (χ2v) is 6.56. The number of hydrogen-bond acceptors (Lipinski definition) is 4. The second kappa shape index (κ2) is 6.93. The topological polar surface area (TPSA) is 97.2 Å². The Labute approximate surface area is 124 Å². The highest BCUT2D eigenvalue weighted by molar-refractivity contribution is 7.89. The summed E-state index contributed by atoms with van der Waals surface area (Å²) in [7, 11) is -3.55. The number of ether oxygens (including phenoxy) is 1. The first-order chi connectivity index (χ1) is 10.0. The van der Waals surface area contributed by atoms with E-state index in [4.69, 9.17) is 10.5 Å². The van der Waals surface area contributed by atoms with Gasteiger partial charge in [0.2, 0.25) is 10.0 Å². The number of sulfonamides is 1. The van der Waals surface area contributed by atoms with Crippen molar-refractivity contribution in [2.75, 3.05) is 25.5 Å². The van der Waals surface area contributed by atoms with Crippen molar-refractivity contribution in [3.63, 3.8) is 0 Å². The third-order valence-corrected chi connectivity index (χ3v) is 4.64. The Balaban J connectivity index is 2.01. The number of unbranched alkanes of at least 4 members (excludes halogenated alkanes) is 1. The molecular weight excluding hydrogens is 290 g/mol. The molecule has 2 rings (SSSR count). The first kappa shape index (κ1) is 15.8. The largest absolute Gasteiger partial charge is 0.399 e. The number of anilines is 1. The molecule has 1 aromatic carbocycles. The summed E-state index contributed by atoms with van der Waals surface area (Å²) in [4.78, 5) is 3.15. The number of nitrogens with one attached hydrogen (secondary N) is 2. The molecule has 7 heteroatoms. The summed E-state index contributed by atoms with van der Waals surface area (Å²) in [5, 5.41) is 0.628. The van der Waals surface area contributed by atoms with E-state index in [9.17, 15) is 8.42 Å². The van der Waals surface area contributed by atoms with Gasteiger partial charge in [-0.25, -0.2) is 13.1 Å². The van der Waals surface area contributed by atoms with E-state index in [1.807, 2.05) is 0 Å². The third kappa shape index (κ3) is 3.96. The maximum Gasteiger partial charge on any atom is 0.242 e. The molecule has 1 heterocycles. The summed E-state index contributed by atoms with van der Waals surface area (Å²) in [5.74, 6) is 0. The minimum absolute atomic E-state index is 0.228. The molecular formula is C14H21N3O3S. The Morgan fingerprint density at radius 1 is 1.33 bits per heavy atom. The van der Waals surface area contributed by atoms with Crippen molar-refractivity contribution in [2.24, 2.45) is 0 Å². The number of nitrogens with two attached hydrogens (primary N) is 1. The van der Waals surface area contributed by atoms with Crippen molar-refractivity contribution in [3.8, 4) is 0 Å². The Kier molecular flexibility index (Phi) is 5.22. The number of H-pyrrole nitrogens is 1. The fraction of sp³-hybridized carbons (Fsp3) is 0.429. The number of aromatic amines is 1. The highest BCUT2D eigenvalue weighted by atomic mass is 32.2. The molecule has 0 aliphatic carbocycles. The molecule has 0 unspecified atom stereocenters. The molecule has 6 nitrogen and oxygen atoms in total. The van der Waals surface area contributed by atoms with E-state index >= 15 is 0 Å². The zero-order chi connectivity index (χ0) is 15.3. The lowest BCUT2D eigenvalue weighted by atomic mass is 10.2. The summed E-state index contributed by atoms with van der Waals surface area (Å²) >= 11 is 0. The van der Waals surface area contributed by atoms with Gasteiger partial charge in [0, 0.05) is 35.9 Å². The fourth-order valence-electron chi connectivity index (χ4n) is 2.01. The van der Waals surface area contributed by atoms with Gasteiger partial charge in [-0.15, -0.1) is 0 Å². The summed E-state index contributed by atoms with van der Waals surface area (Å²) in [6.07, 6.45) is 3.52. The van der Waals surface area contributed by atoms with Crippen LogP contribution in [0.3, 0.4) is 0 Å². The van der Waals surface area contributed by atoms with Crippen molar-refractivity contribution in [1.29, 1.82) is 0 Å². The normalized spacial score (nSPS) is 12.0. The molecule has 2 aromatic rings. The molecule has 4 N–H and O–H groups in total. The van der Waals surface area contributed by atoms with E-state index in [1.54, 1.807) is 18.2 Å². The van der Waals surface area contributed by atoms with Crippen molar-refractivity contribution in [2.45, 2.75) is 24.7 Å². The Bertz CT molecular complexity index is 695. The van der Waals surface area contributed by atoms with Gasteiger partial charge in [0.15, 0.2) is 0 Å². The van der Waals surface area contributed by atoms with E-state index in [2.05, 4.69) is 16.6 Å². The summed E-state index contributed by atoms with van der Waals surface area (Å²) in [6.45, 7) is 3.36. The Morgan fingerprint density at radius 3 is 2.90 bits per heavy atom. The molecule has 1 aromatic heterocycles. The SMILES string of the molecule is CCCCOCCNS(=O)(=O)c1c[nH]c2cc(N)ccc12. The van der Waals surface area contributed by atoms with Crippen LogP contribution in [0, 0.1) is 0 Å². The quantitative estimate of drug-likeness (QED) is 0.512. The van der Waals surface area contributed by atoms with Gasteiger partial charge >= 0.3 is 0 Å². The van der Waals surface area contributed by atoms with Crippen molar-refractivity contribution in [1.82, 2.24) is 9.71 Å². The lowest BCUT2D eigenvalue weighted by Gasteiger charge is -2.06. The van der Waals surface area contributed by atoms with Gasteiger partial charge in [0.05, 0.1) is 6.61 Å². The van der Waals surface area contributed by atoms with E-state index in [0.717, 1.165) is 12.8 Å². The average Bonchev–Trinajstić information content (AvgIpc) is 2.86. The van der Waals surface area contributed by atoms with E-state index in [1.165, 1.54) is 6.20 Å². The summed E-state index contributed by atoms with van der Waals surface area (Å²) in [6, 6.07) is 5.10. The van der Waals surface area contributed by atoms with Crippen LogP contribution >= 0.6 is 0 Å². The lowest BCUT2D eigenvalue weighted by Crippen LogP contribution is -2.27. The maximum atomic E-state index is 12.3. The minimum Gasteiger partial charge on any atom is -0.399 e. The molecule has 116 valence electrons. The van der Waals surface area contributed by atoms with Crippen LogP contribution in [-0.4, -0.2) is 33.2 Å². The zero-order valence-electron chi connectivity index (χ0n) is 12.1. The first-order valence-electron chi connectivity index (χ1n) is 6.98. The number of hydrogen-bond donors (Lipinski definition) is 3. The highest BCUT2D eigenvalue weighted by Crippen LogP contribution is 2.24. The molecule has 0 radical (unpaired) electrons. The van der Waals surface area contributed by atoms with Crippen LogP contribution in [-0.2, 0) is 14.8 Å². The van der Waals surface area contributed by atoms with E-state index < -0.39 is 10.0 Å². The van der Waals surface area contributed by atoms with Gasteiger partial charge < -0.3 is 15.5 Å². The van der Waals surface area contributed by atoms with Crippen molar-refractivity contribution >= 4 is 26.6 Å². The van der Waals surface area contributed by atoms with Crippen LogP contribution in [0.4, 0.5) is 5.69 Å². The maximum absolute atomic E-state index is 12.3. The van der Waals surface area contributed by atoms with Crippen LogP contribution in [0.25, 0.3) is 10.9 Å². The number of fused-ring (bicyclic) bond motifs is 1. The number of nitrogen functional groups attached to an aromatic ring is 1. The molecule has 0 fully saturated rings. The standard InChI is InChI=1S/C14H21N3O3S/c1-2-3-7-20-8-6-17-21(18,19)14-10-16-13-9-11(15)4-5-12(13)14/h4-5,9-10,16-17H,2-3,6-8,15H2,1H3. The molecule has 0 amide bonds. The van der Waals surface area contributed by atoms with Gasteiger partial charge in [-0.1, -0.05) is 13.3 Å². The molecule has 21 heavy (non-hydrogen) atoms. The molecule has 0 saturated carbocycles. The summed E-state index contributed by atoms with van der Waals surface area (Å²) < 4.78 is 32.4. The van der Waals surface area contributed by atoms with Gasteiger partial charge in [-0.05, 0) is 24.6 Å². The Morgan fingerprint density at radius 2 is 2.14 bits per heavy atom. The second-order valence-electron chi connectivity index (χ2n) is 4.82. The van der Waals surface area contributed by atoms with Crippen molar-refractivity contribution < 1.29 is 13.2 Å². The average molecular weight is 311 g/mol. The van der Waals surface area contributed by atoms with Crippen LogP contribution < -0.4 is 10.5 Å². The van der Waals surface area contributed by atoms with E-state index in [0.29, 0.717) is 29.8 Å². The minimum atomic E-state index is -3.55. The monoisotopic (exact) mass is 311 g/mol. The molecule has 0 aliphatic heterocycles. The van der Waals surface area contributed by atoms with Gasteiger partial charge in [0.1, 0.15) is 4.90 Å². The number of rotatable bonds is 8. The van der Waals surface area contributed by atoms with Gasteiger partial charge in [-0.2, -0.15) is 0 Å². The van der Waals surface area contributed by atoms with Crippen LogP contribution in [0.5, 0.6) is 0 Å². The number of aromatic nitrogens is 1. The zero-order valence-corrected chi connectivity index (χ0v) is 12.9. The van der Waals surface area contributed by atoms with Crippen LogP contribution in [0.2, 0.25) is 0 Å². The summed E-state index contributed by atoms with van der Waals surface area (Å²) in [5.41, 5.74) is 6.97. The smallest absolute Gasteiger partial charge is 0.242 e. The van der Waals surface area contributed by atoms with Gasteiger partial charge in [-0.3, -0.25) is 0 Å². The molecule has 0 bridgehead atoms. The van der Waals surface area contributed by atoms with Crippen LogP contribution in [0.1, 0.15) is 19.8 Å². The van der Waals surface area contributed by atoms with Gasteiger partial charge in [0.25, 0.3) is 0 Å². The third-order valence-electron chi connectivity index (χ3n) is 3.14. The molecule has 0 aliphatic rings. The lowest BCUT2D eigenvalue weighted by molar-refractivity contribution is 0.136. The highest BCUT2D eigenvalue weighted by Gasteiger charge is 2.18. The van der Waals surface area contributed by atoms with Crippen LogP contribution in [0.15, 0.2) is 29.3 Å². The van der Waals surface area contributed by atoms with Crippen molar-refractivity contribution in [3.05, 3.63) is 24.4 Å². The Hall–Kier alpha value is -1.57. The molecule has 0 saturated heterocycles.